The van der Waals surface area contributed by atoms with Gasteiger partial charge in [0.1, 0.15) is 0 Å². The van der Waals surface area contributed by atoms with Crippen molar-refractivity contribution in [3.05, 3.63) is 0 Å². The van der Waals surface area contributed by atoms with Crippen LogP contribution in [-0.4, -0.2) is 30.1 Å². The molecule has 0 aliphatic heterocycles. The summed E-state index contributed by atoms with van der Waals surface area (Å²) in [6.07, 6.45) is 8.14. The van der Waals surface area contributed by atoms with Gasteiger partial charge in [-0.1, -0.05) is 40.5 Å². The fourth-order valence-corrected chi connectivity index (χ4v) is 3.68. The lowest BCUT2D eigenvalue weighted by Gasteiger charge is -2.41. The van der Waals surface area contributed by atoms with E-state index in [1.165, 1.54) is 45.1 Å². The third-order valence-corrected chi connectivity index (χ3v) is 4.60. The molecule has 0 bridgehead atoms. The Kier molecular flexibility index (Phi) is 7.25. The molecule has 2 nitrogen and oxygen atoms in total. The molecular weight excluding hydrogens is 220 g/mol. The summed E-state index contributed by atoms with van der Waals surface area (Å²) in [6, 6.07) is 1.35. The summed E-state index contributed by atoms with van der Waals surface area (Å²) in [6.45, 7) is 11.4. The number of nitrogens with zero attached hydrogens (tertiary/aromatic N) is 1. The standard InChI is InChI=1S/C16H34N2/c1-5-15(6-2)18(12-13(3)4)16(11-17)14-9-7-8-10-14/h13-16H,5-12,17H2,1-4H3. The second-order valence-corrected chi connectivity index (χ2v) is 6.41. The normalized spacial score (nSPS) is 19.3. The summed E-state index contributed by atoms with van der Waals surface area (Å²) in [4.78, 5) is 2.75. The molecule has 1 atom stereocenters. The van der Waals surface area contributed by atoms with Crippen molar-refractivity contribution in [1.29, 1.82) is 0 Å². The van der Waals surface area contributed by atoms with E-state index in [1.807, 2.05) is 0 Å². The van der Waals surface area contributed by atoms with Crippen molar-refractivity contribution < 1.29 is 0 Å². The molecule has 0 radical (unpaired) electrons. The van der Waals surface area contributed by atoms with Crippen LogP contribution in [0.4, 0.5) is 0 Å². The topological polar surface area (TPSA) is 29.3 Å². The van der Waals surface area contributed by atoms with Crippen molar-refractivity contribution in [2.75, 3.05) is 13.1 Å². The zero-order chi connectivity index (χ0) is 13.5. The average Bonchev–Trinajstić information content (AvgIpc) is 2.84. The minimum atomic E-state index is 0.625. The molecule has 1 aliphatic rings. The van der Waals surface area contributed by atoms with E-state index in [0.29, 0.717) is 6.04 Å². The Labute approximate surface area is 114 Å². The van der Waals surface area contributed by atoms with Crippen LogP contribution in [0.25, 0.3) is 0 Å². The van der Waals surface area contributed by atoms with E-state index < -0.39 is 0 Å². The highest BCUT2D eigenvalue weighted by Crippen LogP contribution is 2.32. The molecule has 2 N–H and O–H groups in total. The molecule has 0 saturated heterocycles. The monoisotopic (exact) mass is 254 g/mol. The van der Waals surface area contributed by atoms with Gasteiger partial charge in [-0.05, 0) is 37.5 Å². The molecule has 1 rings (SSSR count). The van der Waals surface area contributed by atoms with E-state index in [4.69, 9.17) is 5.73 Å². The van der Waals surface area contributed by atoms with Crippen LogP contribution >= 0.6 is 0 Å². The van der Waals surface area contributed by atoms with E-state index in [1.54, 1.807) is 0 Å². The van der Waals surface area contributed by atoms with Crippen LogP contribution in [0.2, 0.25) is 0 Å². The minimum absolute atomic E-state index is 0.625. The maximum atomic E-state index is 6.13. The first-order valence-corrected chi connectivity index (χ1v) is 8.09. The molecule has 0 spiro atoms. The van der Waals surface area contributed by atoms with Gasteiger partial charge in [0.25, 0.3) is 0 Å². The molecule has 2 heteroatoms. The summed E-state index contributed by atoms with van der Waals surface area (Å²) in [7, 11) is 0. The van der Waals surface area contributed by atoms with Crippen molar-refractivity contribution in [2.24, 2.45) is 17.6 Å². The molecule has 1 saturated carbocycles. The first-order chi connectivity index (χ1) is 8.63. The molecule has 1 aliphatic carbocycles. The second-order valence-electron chi connectivity index (χ2n) is 6.41. The Morgan fingerprint density at radius 1 is 1.11 bits per heavy atom. The second kappa shape index (κ2) is 8.16. The van der Waals surface area contributed by atoms with Crippen LogP contribution < -0.4 is 5.73 Å². The molecule has 1 unspecified atom stereocenters. The Bertz CT molecular complexity index is 205. The molecule has 0 amide bonds. The van der Waals surface area contributed by atoms with Gasteiger partial charge >= 0.3 is 0 Å². The largest absolute Gasteiger partial charge is 0.329 e. The van der Waals surface area contributed by atoms with Gasteiger partial charge in [0.05, 0.1) is 0 Å². The van der Waals surface area contributed by atoms with Gasteiger partial charge in [-0.15, -0.1) is 0 Å². The maximum absolute atomic E-state index is 6.13. The van der Waals surface area contributed by atoms with Crippen molar-refractivity contribution in [1.82, 2.24) is 4.90 Å². The molecule has 1 fully saturated rings. The summed E-state index contributed by atoms with van der Waals surface area (Å²) >= 11 is 0. The predicted molar refractivity (Wildman–Crippen MR) is 80.7 cm³/mol. The summed E-state index contributed by atoms with van der Waals surface area (Å²) in [5.41, 5.74) is 6.13. The molecule has 0 aromatic heterocycles. The zero-order valence-corrected chi connectivity index (χ0v) is 13.0. The van der Waals surface area contributed by atoms with Crippen molar-refractivity contribution in [3.63, 3.8) is 0 Å². The SMILES string of the molecule is CCC(CC)N(CC(C)C)C(CN)C1CCCC1. The lowest BCUT2D eigenvalue weighted by Crippen LogP contribution is -2.51. The molecule has 108 valence electrons. The van der Waals surface area contributed by atoms with Crippen LogP contribution in [0.5, 0.6) is 0 Å². The fraction of sp³-hybridized carbons (Fsp3) is 1.00. The van der Waals surface area contributed by atoms with Crippen LogP contribution in [0.15, 0.2) is 0 Å². The highest BCUT2D eigenvalue weighted by molar-refractivity contribution is 4.87. The van der Waals surface area contributed by atoms with Crippen LogP contribution in [0, 0.1) is 11.8 Å². The van der Waals surface area contributed by atoms with Crippen LogP contribution in [0.1, 0.15) is 66.2 Å². The maximum Gasteiger partial charge on any atom is 0.0249 e. The number of rotatable bonds is 8. The van der Waals surface area contributed by atoms with Crippen molar-refractivity contribution in [2.45, 2.75) is 78.3 Å². The highest BCUT2D eigenvalue weighted by atomic mass is 15.2. The van der Waals surface area contributed by atoms with Gasteiger partial charge in [0.15, 0.2) is 0 Å². The predicted octanol–water partition coefficient (Wildman–Crippen LogP) is 3.65. The number of hydrogen-bond donors (Lipinski definition) is 1. The van der Waals surface area contributed by atoms with Gasteiger partial charge in [-0.2, -0.15) is 0 Å². The molecule has 0 aromatic carbocycles. The molecular formula is C16H34N2. The van der Waals surface area contributed by atoms with Crippen molar-refractivity contribution in [3.8, 4) is 0 Å². The van der Waals surface area contributed by atoms with Gasteiger partial charge in [0.2, 0.25) is 0 Å². The van der Waals surface area contributed by atoms with Crippen LogP contribution in [0.3, 0.4) is 0 Å². The first-order valence-electron chi connectivity index (χ1n) is 8.09. The Morgan fingerprint density at radius 3 is 2.06 bits per heavy atom. The number of hydrogen-bond acceptors (Lipinski definition) is 2. The average molecular weight is 254 g/mol. The number of nitrogens with two attached hydrogens (primary N) is 1. The molecule has 0 heterocycles. The summed E-state index contributed by atoms with van der Waals surface area (Å²) in [5, 5.41) is 0. The van der Waals surface area contributed by atoms with E-state index in [2.05, 4.69) is 32.6 Å². The van der Waals surface area contributed by atoms with Gasteiger partial charge < -0.3 is 5.73 Å². The summed E-state index contributed by atoms with van der Waals surface area (Å²) < 4.78 is 0. The van der Waals surface area contributed by atoms with Gasteiger partial charge in [-0.3, -0.25) is 4.90 Å². The van der Waals surface area contributed by atoms with E-state index in [0.717, 1.165) is 24.4 Å². The lowest BCUT2D eigenvalue weighted by atomic mass is 9.93. The van der Waals surface area contributed by atoms with Gasteiger partial charge in [-0.25, -0.2) is 0 Å². The Morgan fingerprint density at radius 2 is 1.67 bits per heavy atom. The third kappa shape index (κ3) is 4.24. The van der Waals surface area contributed by atoms with E-state index in [9.17, 15) is 0 Å². The Hall–Kier alpha value is -0.0800. The van der Waals surface area contributed by atoms with Gasteiger partial charge in [0, 0.05) is 25.2 Å². The molecule has 0 aromatic rings. The smallest absolute Gasteiger partial charge is 0.0249 e. The molecule has 18 heavy (non-hydrogen) atoms. The van der Waals surface area contributed by atoms with Crippen LogP contribution in [-0.2, 0) is 0 Å². The minimum Gasteiger partial charge on any atom is -0.329 e. The first kappa shape index (κ1) is 16.0. The zero-order valence-electron chi connectivity index (χ0n) is 13.0. The fourth-order valence-electron chi connectivity index (χ4n) is 3.68. The third-order valence-electron chi connectivity index (χ3n) is 4.60. The summed E-state index contributed by atoms with van der Waals surface area (Å²) in [5.74, 6) is 1.59. The Balaban J connectivity index is 2.76. The van der Waals surface area contributed by atoms with E-state index >= 15 is 0 Å². The highest BCUT2D eigenvalue weighted by Gasteiger charge is 2.31. The lowest BCUT2D eigenvalue weighted by molar-refractivity contribution is 0.0777. The quantitative estimate of drug-likeness (QED) is 0.716. The van der Waals surface area contributed by atoms with Crippen molar-refractivity contribution >= 4 is 0 Å². The van der Waals surface area contributed by atoms with E-state index in [-0.39, 0.29) is 0 Å².